The Morgan fingerprint density at radius 2 is 1.85 bits per heavy atom. The molecule has 1 aromatic heterocycles. The Bertz CT molecular complexity index is 1070. The van der Waals surface area contributed by atoms with Gasteiger partial charge in [-0.05, 0) is 30.3 Å². The number of carbonyl (C=O) groups is 2. The SMILES string of the molecule is O=C(NCCN1CCOCC1)c1cccc(NC(=O)c2nnc(COc3ccccc3)s2)c1. The number of amides is 2. The van der Waals surface area contributed by atoms with Crippen molar-refractivity contribution >= 4 is 28.8 Å². The normalized spacial score (nSPS) is 13.9. The minimum Gasteiger partial charge on any atom is -0.486 e. The van der Waals surface area contributed by atoms with Crippen LogP contribution >= 0.6 is 11.3 Å². The predicted molar refractivity (Wildman–Crippen MR) is 125 cm³/mol. The van der Waals surface area contributed by atoms with Crippen LogP contribution in [0, 0.1) is 0 Å². The summed E-state index contributed by atoms with van der Waals surface area (Å²) in [4.78, 5) is 27.3. The molecule has 2 aromatic carbocycles. The first-order chi connectivity index (χ1) is 16.2. The zero-order chi connectivity index (χ0) is 22.9. The molecule has 172 valence electrons. The molecule has 9 nitrogen and oxygen atoms in total. The van der Waals surface area contributed by atoms with Crippen molar-refractivity contribution in [2.45, 2.75) is 6.61 Å². The molecule has 1 saturated heterocycles. The molecule has 2 amide bonds. The van der Waals surface area contributed by atoms with Crippen molar-refractivity contribution in [2.75, 3.05) is 44.7 Å². The molecule has 1 fully saturated rings. The number of anilines is 1. The highest BCUT2D eigenvalue weighted by molar-refractivity contribution is 7.13. The van der Waals surface area contributed by atoms with Crippen LogP contribution in [-0.4, -0.2) is 66.3 Å². The molecule has 0 saturated carbocycles. The first kappa shape index (κ1) is 22.8. The van der Waals surface area contributed by atoms with Gasteiger partial charge in [-0.1, -0.05) is 35.6 Å². The summed E-state index contributed by atoms with van der Waals surface area (Å²) in [5, 5.41) is 14.5. The van der Waals surface area contributed by atoms with Crippen molar-refractivity contribution < 1.29 is 19.1 Å². The molecule has 10 heteroatoms. The van der Waals surface area contributed by atoms with E-state index in [9.17, 15) is 9.59 Å². The molecule has 0 atom stereocenters. The maximum atomic E-state index is 12.6. The van der Waals surface area contributed by atoms with Gasteiger partial charge in [0.15, 0.2) is 5.01 Å². The fourth-order valence-corrected chi connectivity index (χ4v) is 3.89. The molecule has 33 heavy (non-hydrogen) atoms. The first-order valence-corrected chi connectivity index (χ1v) is 11.5. The maximum absolute atomic E-state index is 12.6. The van der Waals surface area contributed by atoms with Gasteiger partial charge in [-0.15, -0.1) is 10.2 Å². The Morgan fingerprint density at radius 3 is 2.67 bits per heavy atom. The van der Waals surface area contributed by atoms with Crippen LogP contribution in [0.5, 0.6) is 5.75 Å². The van der Waals surface area contributed by atoms with Gasteiger partial charge in [-0.25, -0.2) is 0 Å². The lowest BCUT2D eigenvalue weighted by Crippen LogP contribution is -2.41. The van der Waals surface area contributed by atoms with Crippen LogP contribution in [0.25, 0.3) is 0 Å². The zero-order valence-electron chi connectivity index (χ0n) is 18.0. The van der Waals surface area contributed by atoms with Gasteiger partial charge in [0.25, 0.3) is 11.8 Å². The van der Waals surface area contributed by atoms with Crippen molar-refractivity contribution in [3.63, 3.8) is 0 Å². The van der Waals surface area contributed by atoms with E-state index in [2.05, 4.69) is 25.7 Å². The van der Waals surface area contributed by atoms with E-state index in [0.29, 0.717) is 22.8 Å². The van der Waals surface area contributed by atoms with Gasteiger partial charge in [0.05, 0.1) is 13.2 Å². The second kappa shape index (κ2) is 11.5. The third kappa shape index (κ3) is 6.82. The molecular formula is C23H25N5O4S. The van der Waals surface area contributed by atoms with E-state index in [1.165, 1.54) is 0 Å². The van der Waals surface area contributed by atoms with Gasteiger partial charge in [0.2, 0.25) is 5.01 Å². The lowest BCUT2D eigenvalue weighted by Gasteiger charge is -2.26. The fourth-order valence-electron chi connectivity index (χ4n) is 3.24. The van der Waals surface area contributed by atoms with E-state index in [0.717, 1.165) is 49.9 Å². The molecule has 4 rings (SSSR count). The van der Waals surface area contributed by atoms with Crippen molar-refractivity contribution in [1.82, 2.24) is 20.4 Å². The van der Waals surface area contributed by atoms with E-state index in [4.69, 9.17) is 9.47 Å². The minimum absolute atomic E-state index is 0.185. The van der Waals surface area contributed by atoms with Crippen molar-refractivity contribution in [3.8, 4) is 5.75 Å². The molecular weight excluding hydrogens is 442 g/mol. The number of nitrogens with one attached hydrogen (secondary N) is 2. The summed E-state index contributed by atoms with van der Waals surface area (Å²) in [5.74, 6) is 0.151. The number of aromatic nitrogens is 2. The number of carbonyl (C=O) groups excluding carboxylic acids is 2. The number of hydrogen-bond donors (Lipinski definition) is 2. The van der Waals surface area contributed by atoms with Crippen molar-refractivity contribution in [1.29, 1.82) is 0 Å². The van der Waals surface area contributed by atoms with Crippen molar-refractivity contribution in [2.24, 2.45) is 0 Å². The number of para-hydroxylation sites is 1. The summed E-state index contributed by atoms with van der Waals surface area (Å²) in [5.41, 5.74) is 0.988. The molecule has 2 N–H and O–H groups in total. The number of ether oxygens (including phenoxy) is 2. The van der Waals surface area contributed by atoms with E-state index in [-0.39, 0.29) is 23.4 Å². The van der Waals surface area contributed by atoms with Crippen LogP contribution in [-0.2, 0) is 11.3 Å². The van der Waals surface area contributed by atoms with E-state index in [1.54, 1.807) is 24.3 Å². The number of nitrogens with zero attached hydrogens (tertiary/aromatic N) is 3. The van der Waals surface area contributed by atoms with E-state index < -0.39 is 0 Å². The monoisotopic (exact) mass is 467 g/mol. The second-order valence-electron chi connectivity index (χ2n) is 7.35. The minimum atomic E-state index is -0.386. The summed E-state index contributed by atoms with van der Waals surface area (Å²) in [6.45, 7) is 4.77. The van der Waals surface area contributed by atoms with Gasteiger partial charge in [0, 0.05) is 37.4 Å². The third-order valence-electron chi connectivity index (χ3n) is 4.97. The molecule has 0 unspecified atom stereocenters. The Morgan fingerprint density at radius 1 is 1.03 bits per heavy atom. The molecule has 2 heterocycles. The Hall–Kier alpha value is -3.34. The molecule has 1 aliphatic heterocycles. The third-order valence-corrected chi connectivity index (χ3v) is 5.86. The van der Waals surface area contributed by atoms with Crippen LogP contribution in [0.15, 0.2) is 54.6 Å². The summed E-state index contributed by atoms with van der Waals surface area (Å²) in [7, 11) is 0. The molecule has 0 radical (unpaired) electrons. The molecule has 3 aromatic rings. The second-order valence-corrected chi connectivity index (χ2v) is 8.41. The summed E-state index contributed by atoms with van der Waals surface area (Å²) >= 11 is 1.16. The quantitative estimate of drug-likeness (QED) is 0.498. The van der Waals surface area contributed by atoms with Crippen LogP contribution < -0.4 is 15.4 Å². The van der Waals surface area contributed by atoms with Crippen LogP contribution in [0.1, 0.15) is 25.2 Å². The average Bonchev–Trinajstić information content (AvgIpc) is 3.34. The Balaban J connectivity index is 1.27. The Labute approximate surface area is 195 Å². The molecule has 0 bridgehead atoms. The Kier molecular flexibility index (Phi) is 7.96. The van der Waals surface area contributed by atoms with Gasteiger partial charge in [-0.3, -0.25) is 14.5 Å². The van der Waals surface area contributed by atoms with Gasteiger partial charge < -0.3 is 20.1 Å². The van der Waals surface area contributed by atoms with Crippen molar-refractivity contribution in [3.05, 3.63) is 70.2 Å². The molecule has 0 spiro atoms. The van der Waals surface area contributed by atoms with Gasteiger partial charge >= 0.3 is 0 Å². The van der Waals surface area contributed by atoms with Crippen LogP contribution in [0.2, 0.25) is 0 Å². The maximum Gasteiger partial charge on any atom is 0.286 e. The zero-order valence-corrected chi connectivity index (χ0v) is 18.8. The molecule has 0 aliphatic carbocycles. The topological polar surface area (TPSA) is 106 Å². The predicted octanol–water partition coefficient (Wildman–Crippen LogP) is 2.43. The van der Waals surface area contributed by atoms with Gasteiger partial charge in [-0.2, -0.15) is 0 Å². The van der Waals surface area contributed by atoms with Crippen LogP contribution in [0.4, 0.5) is 5.69 Å². The lowest BCUT2D eigenvalue weighted by molar-refractivity contribution is 0.0383. The molecule has 1 aliphatic rings. The highest BCUT2D eigenvalue weighted by Crippen LogP contribution is 2.17. The smallest absolute Gasteiger partial charge is 0.286 e. The average molecular weight is 468 g/mol. The largest absolute Gasteiger partial charge is 0.486 e. The number of hydrogen-bond acceptors (Lipinski definition) is 8. The number of morpholine rings is 1. The number of rotatable bonds is 9. The van der Waals surface area contributed by atoms with E-state index >= 15 is 0 Å². The lowest BCUT2D eigenvalue weighted by atomic mass is 10.2. The standard InChI is InChI=1S/C23H25N5O4S/c29-21(24-9-10-28-11-13-31-14-12-28)17-5-4-6-18(15-17)25-22(30)23-27-26-20(33-23)16-32-19-7-2-1-3-8-19/h1-8,15H,9-14,16H2,(H,24,29)(H,25,30). The first-order valence-electron chi connectivity index (χ1n) is 10.7. The highest BCUT2D eigenvalue weighted by atomic mass is 32.1. The summed E-state index contributed by atoms with van der Waals surface area (Å²) in [6.07, 6.45) is 0. The number of benzene rings is 2. The van der Waals surface area contributed by atoms with Crippen LogP contribution in [0.3, 0.4) is 0 Å². The van der Waals surface area contributed by atoms with Gasteiger partial charge in [0.1, 0.15) is 12.4 Å². The van der Waals surface area contributed by atoms with E-state index in [1.807, 2.05) is 30.3 Å². The summed E-state index contributed by atoms with van der Waals surface area (Å²) in [6, 6.07) is 16.2. The highest BCUT2D eigenvalue weighted by Gasteiger charge is 2.15. The fraction of sp³-hybridized carbons (Fsp3) is 0.304. The summed E-state index contributed by atoms with van der Waals surface area (Å²) < 4.78 is 11.0.